The Morgan fingerprint density at radius 2 is 1.89 bits per heavy atom. The van der Waals surface area contributed by atoms with Crippen LogP contribution in [0.4, 0.5) is 5.82 Å². The van der Waals surface area contributed by atoms with E-state index < -0.39 is 11.2 Å². The smallest absolute Gasteiger partial charge is 0.330 e. The highest BCUT2D eigenvalue weighted by Gasteiger charge is 2.12. The number of hydrogen-bond acceptors (Lipinski definition) is 3. The number of nitrogens with one attached hydrogen (secondary N) is 1. The van der Waals surface area contributed by atoms with Crippen LogP contribution < -0.4 is 17.0 Å². The average molecular weight is 310 g/mol. The van der Waals surface area contributed by atoms with Gasteiger partial charge in [-0.3, -0.25) is 14.3 Å². The minimum atomic E-state index is -0.504. The van der Waals surface area contributed by atoms with E-state index in [-0.39, 0.29) is 11.9 Å². The van der Waals surface area contributed by atoms with Crippen molar-refractivity contribution in [2.45, 2.75) is 13.0 Å². The standard InChI is InChI=1S/C12H12BrN3O2/c1-7(8-2-4-9(13)5-3-8)16-10(14)6-11(17)15-12(16)18/h2-7H,14H2,1H3,(H,15,17,18). The number of nitrogen functional groups attached to an aromatic ring is 1. The molecular weight excluding hydrogens is 298 g/mol. The Bertz CT molecular complexity index is 673. The zero-order chi connectivity index (χ0) is 13.3. The number of aromatic nitrogens is 2. The van der Waals surface area contributed by atoms with E-state index in [1.54, 1.807) is 0 Å². The lowest BCUT2D eigenvalue weighted by Gasteiger charge is -2.17. The van der Waals surface area contributed by atoms with Crippen molar-refractivity contribution in [3.63, 3.8) is 0 Å². The molecule has 1 unspecified atom stereocenters. The van der Waals surface area contributed by atoms with Crippen LogP contribution in [0.5, 0.6) is 0 Å². The first kappa shape index (κ1) is 12.6. The number of nitrogens with two attached hydrogens (primary N) is 1. The Balaban J connectivity index is 2.52. The van der Waals surface area contributed by atoms with Gasteiger partial charge in [0.15, 0.2) is 0 Å². The van der Waals surface area contributed by atoms with Gasteiger partial charge in [-0.25, -0.2) is 4.79 Å². The van der Waals surface area contributed by atoms with Crippen LogP contribution in [0.1, 0.15) is 18.5 Å². The molecule has 0 spiro atoms. The summed E-state index contributed by atoms with van der Waals surface area (Å²) in [5.41, 5.74) is 5.66. The summed E-state index contributed by atoms with van der Waals surface area (Å²) < 4.78 is 2.31. The maximum Gasteiger partial charge on any atom is 0.330 e. The Kier molecular flexibility index (Phi) is 3.38. The van der Waals surface area contributed by atoms with Crippen molar-refractivity contribution in [2.75, 3.05) is 5.73 Å². The Labute approximate surface area is 111 Å². The van der Waals surface area contributed by atoms with Crippen LogP contribution in [0.25, 0.3) is 0 Å². The van der Waals surface area contributed by atoms with Crippen molar-refractivity contribution < 1.29 is 0 Å². The van der Waals surface area contributed by atoms with Crippen LogP contribution in [0, 0.1) is 0 Å². The molecule has 0 aliphatic carbocycles. The highest BCUT2D eigenvalue weighted by atomic mass is 79.9. The first-order valence-corrected chi connectivity index (χ1v) is 6.15. The predicted octanol–water partition coefficient (Wildman–Crippen LogP) is 1.49. The second-order valence-corrected chi connectivity index (χ2v) is 4.88. The van der Waals surface area contributed by atoms with Crippen molar-refractivity contribution in [3.8, 4) is 0 Å². The zero-order valence-corrected chi connectivity index (χ0v) is 11.3. The van der Waals surface area contributed by atoms with E-state index in [0.29, 0.717) is 0 Å². The third-order valence-corrected chi connectivity index (χ3v) is 3.27. The summed E-state index contributed by atoms with van der Waals surface area (Å²) in [6.45, 7) is 1.85. The highest BCUT2D eigenvalue weighted by molar-refractivity contribution is 9.10. The number of hydrogen-bond donors (Lipinski definition) is 2. The van der Waals surface area contributed by atoms with E-state index in [2.05, 4.69) is 20.9 Å². The zero-order valence-electron chi connectivity index (χ0n) is 9.68. The molecule has 3 N–H and O–H groups in total. The van der Waals surface area contributed by atoms with Crippen molar-refractivity contribution >= 4 is 21.7 Å². The van der Waals surface area contributed by atoms with Gasteiger partial charge in [0, 0.05) is 10.5 Å². The maximum absolute atomic E-state index is 11.8. The van der Waals surface area contributed by atoms with E-state index in [0.717, 1.165) is 10.0 Å². The molecule has 1 aromatic carbocycles. The molecular formula is C12H12BrN3O2. The molecule has 2 aromatic rings. The fraction of sp³-hybridized carbons (Fsp3) is 0.167. The molecule has 6 heteroatoms. The molecule has 5 nitrogen and oxygen atoms in total. The van der Waals surface area contributed by atoms with Gasteiger partial charge >= 0.3 is 5.69 Å². The van der Waals surface area contributed by atoms with E-state index in [1.165, 1.54) is 10.6 Å². The number of nitrogens with zero attached hydrogens (tertiary/aromatic N) is 1. The maximum atomic E-state index is 11.8. The molecule has 0 amide bonds. The number of H-pyrrole nitrogens is 1. The second kappa shape index (κ2) is 4.81. The molecule has 0 bridgehead atoms. The van der Waals surface area contributed by atoms with Crippen LogP contribution in [0.2, 0.25) is 0 Å². The van der Waals surface area contributed by atoms with Crippen LogP contribution in [0.15, 0.2) is 44.4 Å². The molecule has 0 saturated carbocycles. The minimum absolute atomic E-state index is 0.152. The molecule has 1 aromatic heterocycles. The molecule has 18 heavy (non-hydrogen) atoms. The Morgan fingerprint density at radius 1 is 1.28 bits per heavy atom. The van der Waals surface area contributed by atoms with Crippen molar-refractivity contribution in [3.05, 3.63) is 61.2 Å². The third kappa shape index (κ3) is 2.38. The summed E-state index contributed by atoms with van der Waals surface area (Å²) >= 11 is 3.35. The number of halogens is 1. The van der Waals surface area contributed by atoms with Crippen LogP contribution in [-0.2, 0) is 0 Å². The van der Waals surface area contributed by atoms with Crippen molar-refractivity contribution in [2.24, 2.45) is 0 Å². The average Bonchev–Trinajstić information content (AvgIpc) is 2.28. The van der Waals surface area contributed by atoms with Gasteiger partial charge in [-0.15, -0.1) is 0 Å². The SMILES string of the molecule is CC(c1ccc(Br)cc1)n1c(N)cc(=O)[nH]c1=O. The molecule has 0 fully saturated rings. The van der Waals surface area contributed by atoms with E-state index >= 15 is 0 Å². The summed E-state index contributed by atoms with van der Waals surface area (Å²) in [5.74, 6) is 0.152. The largest absolute Gasteiger partial charge is 0.385 e. The van der Waals surface area contributed by atoms with Gasteiger partial charge in [0.2, 0.25) is 0 Å². The quantitative estimate of drug-likeness (QED) is 0.882. The lowest BCUT2D eigenvalue weighted by atomic mass is 10.1. The summed E-state index contributed by atoms with van der Waals surface area (Å²) in [4.78, 5) is 25.1. The summed E-state index contributed by atoms with van der Waals surface area (Å²) in [5, 5.41) is 0. The Morgan fingerprint density at radius 3 is 2.44 bits per heavy atom. The highest BCUT2D eigenvalue weighted by Crippen LogP contribution is 2.20. The summed E-state index contributed by atoms with van der Waals surface area (Å²) in [7, 11) is 0. The predicted molar refractivity (Wildman–Crippen MR) is 73.7 cm³/mol. The lowest BCUT2D eigenvalue weighted by molar-refractivity contribution is 0.604. The van der Waals surface area contributed by atoms with Gasteiger partial charge in [0.25, 0.3) is 5.56 Å². The number of rotatable bonds is 2. The van der Waals surface area contributed by atoms with Gasteiger partial charge in [-0.2, -0.15) is 0 Å². The molecule has 2 rings (SSSR count). The Hall–Kier alpha value is -1.82. The monoisotopic (exact) mass is 309 g/mol. The molecule has 0 aliphatic rings. The van der Waals surface area contributed by atoms with Crippen molar-refractivity contribution in [1.29, 1.82) is 0 Å². The summed E-state index contributed by atoms with van der Waals surface area (Å²) in [6, 6.07) is 8.52. The van der Waals surface area contributed by atoms with Crippen LogP contribution >= 0.6 is 15.9 Å². The van der Waals surface area contributed by atoms with E-state index in [1.807, 2.05) is 31.2 Å². The lowest BCUT2D eigenvalue weighted by Crippen LogP contribution is -2.33. The normalized spacial score (nSPS) is 12.3. The van der Waals surface area contributed by atoms with Crippen molar-refractivity contribution in [1.82, 2.24) is 9.55 Å². The summed E-state index contributed by atoms with van der Waals surface area (Å²) in [6.07, 6.45) is 0. The van der Waals surface area contributed by atoms with E-state index in [4.69, 9.17) is 5.73 Å². The number of benzene rings is 1. The van der Waals surface area contributed by atoms with Crippen LogP contribution in [0.3, 0.4) is 0 Å². The third-order valence-electron chi connectivity index (χ3n) is 2.75. The van der Waals surface area contributed by atoms with Gasteiger partial charge in [-0.1, -0.05) is 28.1 Å². The topological polar surface area (TPSA) is 80.9 Å². The first-order chi connectivity index (χ1) is 8.49. The van der Waals surface area contributed by atoms with Gasteiger partial charge in [0.05, 0.1) is 6.04 Å². The number of anilines is 1. The fourth-order valence-corrected chi connectivity index (χ4v) is 2.08. The van der Waals surface area contributed by atoms with E-state index in [9.17, 15) is 9.59 Å². The second-order valence-electron chi connectivity index (χ2n) is 3.96. The molecule has 0 radical (unpaired) electrons. The molecule has 0 saturated heterocycles. The molecule has 0 aliphatic heterocycles. The van der Waals surface area contributed by atoms with Crippen LogP contribution in [-0.4, -0.2) is 9.55 Å². The van der Waals surface area contributed by atoms with Gasteiger partial charge in [0.1, 0.15) is 5.82 Å². The molecule has 1 atom stereocenters. The fourth-order valence-electron chi connectivity index (χ4n) is 1.81. The van der Waals surface area contributed by atoms with Gasteiger partial charge < -0.3 is 5.73 Å². The number of aromatic amines is 1. The van der Waals surface area contributed by atoms with Gasteiger partial charge in [-0.05, 0) is 24.6 Å². The minimum Gasteiger partial charge on any atom is -0.385 e. The molecule has 1 heterocycles. The first-order valence-electron chi connectivity index (χ1n) is 5.36. The molecule has 94 valence electrons.